The lowest BCUT2D eigenvalue weighted by Gasteiger charge is -2.19. The molecule has 1 aromatic heterocycles. The Morgan fingerprint density at radius 2 is 1.38 bits per heavy atom. The molecule has 216 valence electrons. The lowest BCUT2D eigenvalue weighted by atomic mass is 9.87. The minimum absolute atomic E-state index is 0.0712. The zero-order valence-electron chi connectivity index (χ0n) is 24.6. The zero-order chi connectivity index (χ0) is 30.0. The number of nitrogens with one attached hydrogen (secondary N) is 2. The van der Waals surface area contributed by atoms with Crippen LogP contribution in [0.5, 0.6) is 11.5 Å². The van der Waals surface area contributed by atoms with Gasteiger partial charge in [-0.25, -0.2) is 0 Å². The van der Waals surface area contributed by atoms with E-state index in [1.807, 2.05) is 62.4 Å². The first-order valence-corrected chi connectivity index (χ1v) is 14.0. The van der Waals surface area contributed by atoms with Gasteiger partial charge < -0.3 is 15.0 Å². The lowest BCUT2D eigenvalue weighted by Crippen LogP contribution is -2.28. The van der Waals surface area contributed by atoms with E-state index in [0.717, 1.165) is 17.1 Å². The van der Waals surface area contributed by atoms with E-state index in [1.165, 1.54) is 5.56 Å². The molecule has 1 aliphatic rings. The number of benzene rings is 3. The van der Waals surface area contributed by atoms with Gasteiger partial charge in [0.15, 0.2) is 0 Å². The molecule has 0 spiro atoms. The molecule has 0 radical (unpaired) electrons. The number of carbonyl (C=O) groups excluding carboxylic acids is 3. The summed E-state index contributed by atoms with van der Waals surface area (Å²) < 4.78 is 7.71. The molecular formula is C34H36N4O4. The second-order valence-corrected chi connectivity index (χ2v) is 11.7. The average Bonchev–Trinajstić information content (AvgIpc) is 3.51. The Balaban J connectivity index is 1.16. The Hall–Kier alpha value is -4.85. The number of carbonyl (C=O) groups is 3. The molecule has 1 fully saturated rings. The Kier molecular flexibility index (Phi) is 7.89. The summed E-state index contributed by atoms with van der Waals surface area (Å²) in [5.74, 6) is 0.326. The van der Waals surface area contributed by atoms with E-state index < -0.39 is 5.92 Å². The fraction of sp³-hybridized carbons (Fsp3) is 0.265. The van der Waals surface area contributed by atoms with E-state index in [4.69, 9.17) is 4.74 Å². The van der Waals surface area contributed by atoms with Crippen LogP contribution in [-0.2, 0) is 15.0 Å². The van der Waals surface area contributed by atoms with Crippen LogP contribution in [0.2, 0.25) is 0 Å². The molecule has 0 saturated carbocycles. The molecule has 5 rings (SSSR count). The minimum Gasteiger partial charge on any atom is -0.457 e. The third-order valence-corrected chi connectivity index (χ3v) is 7.50. The fourth-order valence-electron chi connectivity index (χ4n) is 4.95. The summed E-state index contributed by atoms with van der Waals surface area (Å²) in [4.78, 5) is 40.1. The monoisotopic (exact) mass is 564 g/mol. The van der Waals surface area contributed by atoms with Crippen molar-refractivity contribution >= 4 is 29.1 Å². The van der Waals surface area contributed by atoms with Gasteiger partial charge in [0.05, 0.1) is 5.92 Å². The van der Waals surface area contributed by atoms with Crippen LogP contribution >= 0.6 is 0 Å². The van der Waals surface area contributed by atoms with Crippen molar-refractivity contribution < 1.29 is 19.1 Å². The van der Waals surface area contributed by atoms with Crippen LogP contribution in [0.3, 0.4) is 0 Å². The van der Waals surface area contributed by atoms with Crippen LogP contribution in [0, 0.1) is 19.8 Å². The van der Waals surface area contributed by atoms with Gasteiger partial charge in [0.2, 0.25) is 11.8 Å². The van der Waals surface area contributed by atoms with E-state index in [0.29, 0.717) is 22.7 Å². The van der Waals surface area contributed by atoms with Gasteiger partial charge in [-0.05, 0) is 97.6 Å². The summed E-state index contributed by atoms with van der Waals surface area (Å²) in [5, 5.41) is 2.88. The Bertz CT molecular complexity index is 1580. The molecule has 42 heavy (non-hydrogen) atoms. The first-order chi connectivity index (χ1) is 20.0. The number of nitrogens with zero attached hydrogens (tertiary/aromatic N) is 2. The summed E-state index contributed by atoms with van der Waals surface area (Å²) in [6.45, 7) is 10.6. The Labute approximate surface area is 246 Å². The van der Waals surface area contributed by atoms with Gasteiger partial charge in [-0.3, -0.25) is 24.5 Å². The van der Waals surface area contributed by atoms with Crippen molar-refractivity contribution in [2.45, 2.75) is 46.5 Å². The van der Waals surface area contributed by atoms with Crippen molar-refractivity contribution in [2.24, 2.45) is 5.92 Å². The summed E-state index contributed by atoms with van der Waals surface area (Å²) in [7, 11) is 0. The lowest BCUT2D eigenvalue weighted by molar-refractivity contribution is -0.122. The van der Waals surface area contributed by atoms with Gasteiger partial charge in [0, 0.05) is 41.3 Å². The molecule has 2 heterocycles. The molecule has 8 nitrogen and oxygen atoms in total. The molecule has 1 saturated heterocycles. The van der Waals surface area contributed by atoms with Gasteiger partial charge in [-0.15, -0.1) is 0 Å². The van der Waals surface area contributed by atoms with Crippen molar-refractivity contribution in [3.63, 3.8) is 0 Å². The molecule has 0 bridgehead atoms. The molecule has 0 aliphatic carbocycles. The maximum atomic E-state index is 13.0. The smallest absolute Gasteiger partial charge is 0.270 e. The molecule has 3 amide bonds. The predicted octanol–water partition coefficient (Wildman–Crippen LogP) is 6.57. The highest BCUT2D eigenvalue weighted by atomic mass is 16.5. The van der Waals surface area contributed by atoms with Gasteiger partial charge in [-0.2, -0.15) is 0 Å². The van der Waals surface area contributed by atoms with Crippen molar-refractivity contribution in [1.82, 2.24) is 4.68 Å². The number of rotatable bonds is 7. The third-order valence-electron chi connectivity index (χ3n) is 7.50. The summed E-state index contributed by atoms with van der Waals surface area (Å²) in [6, 6.07) is 25.9. The maximum absolute atomic E-state index is 13.0. The molecule has 8 heteroatoms. The third kappa shape index (κ3) is 6.38. The number of aryl methyl sites for hydroxylation is 2. The first kappa shape index (κ1) is 28.7. The molecule has 1 aliphatic heterocycles. The number of hydrogen-bond acceptors (Lipinski definition) is 4. The largest absolute Gasteiger partial charge is 0.457 e. The Morgan fingerprint density at radius 3 is 1.95 bits per heavy atom. The fourth-order valence-corrected chi connectivity index (χ4v) is 4.95. The molecule has 0 unspecified atom stereocenters. The van der Waals surface area contributed by atoms with Gasteiger partial charge in [0.25, 0.3) is 5.91 Å². The summed E-state index contributed by atoms with van der Waals surface area (Å²) in [5.41, 5.74) is 7.77. The number of anilines is 2. The highest BCUT2D eigenvalue weighted by molar-refractivity contribution is 6.04. The molecule has 1 atom stereocenters. The zero-order valence-corrected chi connectivity index (χ0v) is 24.6. The number of amides is 3. The van der Waals surface area contributed by atoms with E-state index >= 15 is 0 Å². The minimum atomic E-state index is -0.488. The number of ether oxygens (including phenoxy) is 1. The van der Waals surface area contributed by atoms with Gasteiger partial charge in [-0.1, -0.05) is 32.9 Å². The quantitative estimate of drug-likeness (QED) is 0.266. The highest BCUT2D eigenvalue weighted by Crippen LogP contribution is 2.30. The van der Waals surface area contributed by atoms with Crippen molar-refractivity contribution in [1.29, 1.82) is 0 Å². The van der Waals surface area contributed by atoms with E-state index in [-0.39, 0.29) is 36.1 Å². The Morgan fingerprint density at radius 1 is 0.810 bits per heavy atom. The van der Waals surface area contributed by atoms with E-state index in [2.05, 4.69) is 43.6 Å². The SMILES string of the molecule is Cc1ccc(C)n1NC(=O)c1ccc(NC(=O)[C@@H]2CC(=O)N(c3ccc(Oc4ccc(C(C)(C)C)cc4)cc3)C2)cc1. The van der Waals surface area contributed by atoms with E-state index in [9.17, 15) is 14.4 Å². The van der Waals surface area contributed by atoms with Gasteiger partial charge in [0.1, 0.15) is 11.5 Å². The second-order valence-electron chi connectivity index (χ2n) is 11.7. The maximum Gasteiger partial charge on any atom is 0.270 e. The van der Waals surface area contributed by atoms with Crippen molar-refractivity contribution in [3.05, 3.63) is 107 Å². The summed E-state index contributed by atoms with van der Waals surface area (Å²) in [6.07, 6.45) is 0.125. The molecular weight excluding hydrogens is 528 g/mol. The molecule has 3 aromatic carbocycles. The molecule has 4 aromatic rings. The van der Waals surface area contributed by atoms with Crippen LogP contribution < -0.4 is 20.4 Å². The normalized spacial score (nSPS) is 15.0. The van der Waals surface area contributed by atoms with E-state index in [1.54, 1.807) is 33.8 Å². The number of aromatic nitrogens is 1. The van der Waals surface area contributed by atoms with Crippen LogP contribution in [0.4, 0.5) is 11.4 Å². The van der Waals surface area contributed by atoms with Crippen LogP contribution in [0.15, 0.2) is 84.9 Å². The first-order valence-electron chi connectivity index (χ1n) is 14.0. The second kappa shape index (κ2) is 11.6. The average molecular weight is 565 g/mol. The van der Waals surface area contributed by atoms with Gasteiger partial charge >= 0.3 is 0 Å². The van der Waals surface area contributed by atoms with Crippen LogP contribution in [-0.4, -0.2) is 28.9 Å². The van der Waals surface area contributed by atoms with Crippen molar-refractivity contribution in [3.8, 4) is 11.5 Å². The highest BCUT2D eigenvalue weighted by Gasteiger charge is 2.35. The molecule has 2 N–H and O–H groups in total. The standard InChI is InChI=1S/C34H36N4O4/c1-22-6-7-23(2)38(22)36-33(41)24-8-12-27(13-9-24)35-32(40)25-20-31(39)37(21-25)28-14-18-30(19-15-28)42-29-16-10-26(11-17-29)34(3,4)5/h6-19,25H,20-21H2,1-5H3,(H,35,40)(H,36,41)/t25-/m1/s1. The van der Waals surface area contributed by atoms with Crippen LogP contribution in [0.1, 0.15) is 54.5 Å². The predicted molar refractivity (Wildman–Crippen MR) is 165 cm³/mol. The van der Waals surface area contributed by atoms with Crippen molar-refractivity contribution in [2.75, 3.05) is 22.2 Å². The topological polar surface area (TPSA) is 92.7 Å². The number of hydrogen-bond donors (Lipinski definition) is 2. The summed E-state index contributed by atoms with van der Waals surface area (Å²) >= 11 is 0. The van der Waals surface area contributed by atoms with Crippen LogP contribution in [0.25, 0.3) is 0 Å².